The Morgan fingerprint density at radius 3 is 2.53 bits per heavy atom. The third-order valence-corrected chi connectivity index (χ3v) is 2.93. The van der Waals surface area contributed by atoms with Gasteiger partial charge in [0.25, 0.3) is 5.91 Å². The topological polar surface area (TPSA) is 61.4 Å². The van der Waals surface area contributed by atoms with Gasteiger partial charge in [0.2, 0.25) is 0 Å². The van der Waals surface area contributed by atoms with Crippen molar-refractivity contribution in [1.29, 1.82) is 0 Å². The lowest BCUT2D eigenvalue weighted by molar-refractivity contribution is -0.139. The largest absolute Gasteiger partial charge is 0.380 e. The first-order valence-corrected chi connectivity index (χ1v) is 5.87. The zero-order valence-corrected chi connectivity index (χ0v) is 10.6. The summed E-state index contributed by atoms with van der Waals surface area (Å²) in [5.41, 5.74) is 5.94. The monoisotopic (exact) mass is 236 g/mol. The van der Waals surface area contributed by atoms with Crippen molar-refractivity contribution >= 4 is 11.6 Å². The van der Waals surface area contributed by atoms with Crippen LogP contribution in [0.5, 0.6) is 0 Å². The second-order valence-corrected chi connectivity index (χ2v) is 4.19. The smallest absolute Gasteiger partial charge is 0.270 e. The molecule has 1 rings (SSSR count). The highest BCUT2D eigenvalue weighted by atomic mass is 16.3. The van der Waals surface area contributed by atoms with E-state index in [0.29, 0.717) is 12.8 Å². The summed E-state index contributed by atoms with van der Waals surface area (Å²) >= 11 is 0. The number of carbonyl (C=O) groups is 1. The average molecular weight is 236 g/mol. The van der Waals surface area contributed by atoms with Crippen LogP contribution in [0.15, 0.2) is 24.3 Å². The molecule has 17 heavy (non-hydrogen) atoms. The number of benzene rings is 1. The van der Waals surface area contributed by atoms with Gasteiger partial charge in [0.1, 0.15) is 5.60 Å². The molecule has 4 heteroatoms. The quantitative estimate of drug-likeness (QED) is 0.685. The zero-order valence-electron chi connectivity index (χ0n) is 10.6. The van der Waals surface area contributed by atoms with Crippen LogP contribution in [0, 0.1) is 6.92 Å². The lowest BCUT2D eigenvalue weighted by Crippen LogP contribution is -2.48. The van der Waals surface area contributed by atoms with Gasteiger partial charge in [-0.1, -0.05) is 26.0 Å². The van der Waals surface area contributed by atoms with Crippen molar-refractivity contribution in [3.8, 4) is 0 Å². The number of carbonyl (C=O) groups excluding carboxylic acids is 1. The molecule has 0 heterocycles. The molecule has 1 aromatic carbocycles. The van der Waals surface area contributed by atoms with Gasteiger partial charge < -0.3 is 5.11 Å². The van der Waals surface area contributed by atoms with E-state index in [4.69, 9.17) is 0 Å². The van der Waals surface area contributed by atoms with E-state index in [1.807, 2.05) is 31.2 Å². The summed E-state index contributed by atoms with van der Waals surface area (Å²) in [6.45, 7) is 5.55. The fourth-order valence-corrected chi connectivity index (χ4v) is 1.54. The van der Waals surface area contributed by atoms with Crippen molar-refractivity contribution < 1.29 is 9.90 Å². The molecule has 1 amide bonds. The Kier molecular flexibility index (Phi) is 4.52. The Balaban J connectivity index is 2.59. The first-order chi connectivity index (χ1) is 8.01. The number of aryl methyl sites for hydroxylation is 1. The van der Waals surface area contributed by atoms with Crippen molar-refractivity contribution in [2.75, 3.05) is 5.43 Å². The Hall–Kier alpha value is -1.55. The number of amides is 1. The number of nitrogens with one attached hydrogen (secondary N) is 2. The summed E-state index contributed by atoms with van der Waals surface area (Å²) in [6.07, 6.45) is 0.787. The van der Waals surface area contributed by atoms with Crippen LogP contribution in [0.2, 0.25) is 0 Å². The zero-order chi connectivity index (χ0) is 12.9. The van der Waals surface area contributed by atoms with Crippen molar-refractivity contribution in [2.24, 2.45) is 0 Å². The highest BCUT2D eigenvalue weighted by molar-refractivity contribution is 5.85. The summed E-state index contributed by atoms with van der Waals surface area (Å²) in [6, 6.07) is 7.64. The maximum Gasteiger partial charge on any atom is 0.270 e. The Morgan fingerprint density at radius 1 is 1.35 bits per heavy atom. The molecule has 0 saturated heterocycles. The molecule has 0 saturated carbocycles. The summed E-state index contributed by atoms with van der Waals surface area (Å²) in [5, 5.41) is 9.98. The van der Waals surface area contributed by atoms with E-state index in [2.05, 4.69) is 10.9 Å². The maximum absolute atomic E-state index is 11.8. The fraction of sp³-hybridized carbons (Fsp3) is 0.462. The Morgan fingerprint density at radius 2 is 2.00 bits per heavy atom. The second kappa shape index (κ2) is 5.68. The maximum atomic E-state index is 11.8. The molecule has 0 bridgehead atoms. The number of aliphatic hydroxyl groups is 1. The second-order valence-electron chi connectivity index (χ2n) is 4.19. The van der Waals surface area contributed by atoms with Crippen LogP contribution < -0.4 is 10.9 Å². The van der Waals surface area contributed by atoms with E-state index in [-0.39, 0.29) is 0 Å². The van der Waals surface area contributed by atoms with Crippen LogP contribution in [0.4, 0.5) is 5.69 Å². The number of hydrogen-bond donors (Lipinski definition) is 3. The van der Waals surface area contributed by atoms with Gasteiger partial charge >= 0.3 is 0 Å². The first kappa shape index (κ1) is 13.5. The Labute approximate surface area is 102 Å². The summed E-state index contributed by atoms with van der Waals surface area (Å²) < 4.78 is 0. The minimum absolute atomic E-state index is 0.394. The molecule has 0 aliphatic heterocycles. The van der Waals surface area contributed by atoms with Gasteiger partial charge in [-0.25, -0.2) is 0 Å². The van der Waals surface area contributed by atoms with Gasteiger partial charge in [0.05, 0.1) is 5.69 Å². The van der Waals surface area contributed by atoms with Gasteiger partial charge in [-0.05, 0) is 37.5 Å². The van der Waals surface area contributed by atoms with E-state index in [1.165, 1.54) is 0 Å². The molecule has 0 radical (unpaired) electrons. The number of hydrogen-bond acceptors (Lipinski definition) is 3. The molecule has 0 aromatic heterocycles. The Bertz CT molecular complexity index is 387. The van der Waals surface area contributed by atoms with Gasteiger partial charge in [-0.3, -0.25) is 15.6 Å². The van der Waals surface area contributed by atoms with Gasteiger partial charge in [0, 0.05) is 0 Å². The molecule has 0 unspecified atom stereocenters. The lowest BCUT2D eigenvalue weighted by atomic mass is 9.97. The predicted octanol–water partition coefficient (Wildman–Crippen LogP) is 1.99. The first-order valence-electron chi connectivity index (χ1n) is 5.87. The van der Waals surface area contributed by atoms with E-state index >= 15 is 0 Å². The SMILES string of the molecule is CCC(O)(CC)C(=O)NNc1cccc(C)c1. The van der Waals surface area contributed by atoms with Crippen LogP contribution in [0.25, 0.3) is 0 Å². The molecule has 4 nitrogen and oxygen atoms in total. The van der Waals surface area contributed by atoms with Crippen LogP contribution >= 0.6 is 0 Å². The molecule has 3 N–H and O–H groups in total. The molecule has 94 valence electrons. The van der Waals surface area contributed by atoms with E-state index in [0.717, 1.165) is 11.3 Å². The van der Waals surface area contributed by atoms with E-state index < -0.39 is 11.5 Å². The molecule has 0 aliphatic rings. The van der Waals surface area contributed by atoms with Crippen molar-refractivity contribution in [2.45, 2.75) is 39.2 Å². The lowest BCUT2D eigenvalue weighted by Gasteiger charge is -2.24. The predicted molar refractivity (Wildman–Crippen MR) is 68.5 cm³/mol. The van der Waals surface area contributed by atoms with E-state index in [9.17, 15) is 9.90 Å². The fourth-order valence-electron chi connectivity index (χ4n) is 1.54. The van der Waals surface area contributed by atoms with E-state index in [1.54, 1.807) is 13.8 Å². The van der Waals surface area contributed by atoms with Crippen molar-refractivity contribution in [3.05, 3.63) is 29.8 Å². The summed E-state index contributed by atoms with van der Waals surface area (Å²) in [5.74, 6) is -0.399. The number of rotatable bonds is 5. The molecule has 0 fully saturated rings. The molecular weight excluding hydrogens is 216 g/mol. The molecule has 1 aromatic rings. The van der Waals surface area contributed by atoms with Gasteiger partial charge in [-0.15, -0.1) is 0 Å². The van der Waals surface area contributed by atoms with Crippen LogP contribution in [0.1, 0.15) is 32.3 Å². The normalized spacial score (nSPS) is 11.1. The summed E-state index contributed by atoms with van der Waals surface area (Å²) in [7, 11) is 0. The standard InChI is InChI=1S/C13H20N2O2/c1-4-13(17,5-2)12(16)15-14-11-8-6-7-10(3)9-11/h6-9,14,17H,4-5H2,1-3H3,(H,15,16). The third-order valence-electron chi connectivity index (χ3n) is 2.93. The number of anilines is 1. The van der Waals surface area contributed by atoms with Crippen molar-refractivity contribution in [3.63, 3.8) is 0 Å². The van der Waals surface area contributed by atoms with Gasteiger partial charge in [0.15, 0.2) is 0 Å². The molecule has 0 aliphatic carbocycles. The van der Waals surface area contributed by atoms with Crippen LogP contribution in [-0.4, -0.2) is 16.6 Å². The van der Waals surface area contributed by atoms with Crippen LogP contribution in [-0.2, 0) is 4.79 Å². The molecule has 0 spiro atoms. The third kappa shape index (κ3) is 3.46. The number of hydrazine groups is 1. The highest BCUT2D eigenvalue weighted by Gasteiger charge is 2.31. The molecule has 0 atom stereocenters. The summed E-state index contributed by atoms with van der Waals surface area (Å²) in [4.78, 5) is 11.8. The highest BCUT2D eigenvalue weighted by Crippen LogP contribution is 2.15. The van der Waals surface area contributed by atoms with Crippen LogP contribution in [0.3, 0.4) is 0 Å². The average Bonchev–Trinajstić information content (AvgIpc) is 2.35. The minimum atomic E-state index is -1.29. The van der Waals surface area contributed by atoms with Gasteiger partial charge in [-0.2, -0.15) is 0 Å². The van der Waals surface area contributed by atoms with Crippen molar-refractivity contribution in [1.82, 2.24) is 5.43 Å². The minimum Gasteiger partial charge on any atom is -0.380 e. The molecular formula is C13H20N2O2.